The number of nitrogens with zero attached hydrogens (tertiary/aromatic N) is 3. The fraction of sp³-hybridized carbons (Fsp3) is 0.357. The quantitative estimate of drug-likeness (QED) is 0.843. The van der Waals surface area contributed by atoms with Crippen LogP contribution in [0.5, 0.6) is 5.75 Å². The number of hydrogen-bond donors (Lipinski definition) is 1. The van der Waals surface area contributed by atoms with Gasteiger partial charge in [0, 0.05) is 6.54 Å². The molecular formula is C14H15N3O3. The highest BCUT2D eigenvalue weighted by Crippen LogP contribution is 2.31. The molecule has 1 N–H and O–H groups in total. The molecule has 1 aromatic heterocycles. The predicted molar refractivity (Wildman–Crippen MR) is 71.1 cm³/mol. The van der Waals surface area contributed by atoms with Crippen LogP contribution in [0.4, 0.5) is 0 Å². The average Bonchev–Trinajstić information content (AvgIpc) is 2.90. The number of methoxy groups -OCH3 is 1. The molecular weight excluding hydrogens is 258 g/mol. The van der Waals surface area contributed by atoms with Gasteiger partial charge in [0.25, 0.3) is 0 Å². The highest BCUT2D eigenvalue weighted by atomic mass is 16.5. The number of carbonyl (C=O) groups is 1. The van der Waals surface area contributed by atoms with E-state index in [1.54, 1.807) is 22.9 Å². The Kier molecular flexibility index (Phi) is 3.14. The highest BCUT2D eigenvalue weighted by Gasteiger charge is 2.31. The molecule has 6 nitrogen and oxygen atoms in total. The number of phenolic OH excluding ortho intramolecular Hbond substituents is 1. The zero-order valence-corrected chi connectivity index (χ0v) is 11.1. The minimum Gasteiger partial charge on any atom is -0.507 e. The van der Waals surface area contributed by atoms with Crippen LogP contribution in [-0.2, 0) is 16.1 Å². The summed E-state index contributed by atoms with van der Waals surface area (Å²) >= 11 is 0. The minimum absolute atomic E-state index is 0.130. The van der Waals surface area contributed by atoms with Gasteiger partial charge >= 0.3 is 5.97 Å². The first-order valence-electron chi connectivity index (χ1n) is 6.51. The zero-order valence-electron chi connectivity index (χ0n) is 11.1. The van der Waals surface area contributed by atoms with Gasteiger partial charge < -0.3 is 9.84 Å². The van der Waals surface area contributed by atoms with Crippen LogP contribution in [0.3, 0.4) is 0 Å². The molecule has 6 heteroatoms. The maximum atomic E-state index is 11.8. The number of phenols is 1. The summed E-state index contributed by atoms with van der Waals surface area (Å²) in [5, 5.41) is 14.3. The van der Waals surface area contributed by atoms with E-state index in [2.05, 4.69) is 10.1 Å². The number of para-hydroxylation sites is 1. The number of aryl methyl sites for hydroxylation is 1. The molecule has 2 heterocycles. The molecule has 1 aliphatic rings. The van der Waals surface area contributed by atoms with Crippen molar-refractivity contribution in [2.75, 3.05) is 7.11 Å². The predicted octanol–water partition coefficient (Wildman–Crippen LogP) is 1.70. The Morgan fingerprint density at radius 3 is 3.00 bits per heavy atom. The van der Waals surface area contributed by atoms with Gasteiger partial charge in [0.1, 0.15) is 17.5 Å². The first kappa shape index (κ1) is 12.7. The van der Waals surface area contributed by atoms with E-state index in [0.717, 1.165) is 13.0 Å². The van der Waals surface area contributed by atoms with Crippen LogP contribution < -0.4 is 0 Å². The molecule has 0 saturated heterocycles. The van der Waals surface area contributed by atoms with Crippen molar-refractivity contribution in [3.05, 3.63) is 30.1 Å². The lowest BCUT2D eigenvalue weighted by molar-refractivity contribution is -0.143. The van der Waals surface area contributed by atoms with Crippen molar-refractivity contribution >= 4 is 5.97 Å². The Labute approximate surface area is 116 Å². The van der Waals surface area contributed by atoms with Crippen molar-refractivity contribution in [1.82, 2.24) is 14.8 Å². The summed E-state index contributed by atoms with van der Waals surface area (Å²) in [5.41, 5.74) is 0.568. The number of aromatic hydroxyl groups is 1. The average molecular weight is 273 g/mol. The van der Waals surface area contributed by atoms with E-state index in [0.29, 0.717) is 23.6 Å². The van der Waals surface area contributed by atoms with Gasteiger partial charge in [-0.3, -0.25) is 4.79 Å². The van der Waals surface area contributed by atoms with Gasteiger partial charge in [0.05, 0.1) is 12.7 Å². The fourth-order valence-corrected chi connectivity index (χ4v) is 2.49. The Morgan fingerprint density at radius 2 is 2.25 bits per heavy atom. The lowest BCUT2D eigenvalue weighted by Gasteiger charge is -2.19. The topological polar surface area (TPSA) is 77.2 Å². The van der Waals surface area contributed by atoms with E-state index >= 15 is 0 Å². The Balaban J connectivity index is 2.04. The third-order valence-electron chi connectivity index (χ3n) is 3.51. The molecule has 0 radical (unpaired) electrons. The lowest BCUT2D eigenvalue weighted by atomic mass is 9.99. The summed E-state index contributed by atoms with van der Waals surface area (Å²) in [6, 6.07) is 6.90. The van der Waals surface area contributed by atoms with Gasteiger partial charge in [0.2, 0.25) is 0 Å². The first-order chi connectivity index (χ1) is 9.70. The molecule has 1 aliphatic heterocycles. The summed E-state index contributed by atoms with van der Waals surface area (Å²) in [6.07, 6.45) is 1.57. The second-order valence-electron chi connectivity index (χ2n) is 4.75. The van der Waals surface area contributed by atoms with Crippen LogP contribution in [0.2, 0.25) is 0 Å². The number of fused-ring (bicyclic) bond motifs is 1. The van der Waals surface area contributed by atoms with Crippen molar-refractivity contribution in [3.63, 3.8) is 0 Å². The van der Waals surface area contributed by atoms with Crippen molar-refractivity contribution in [2.45, 2.75) is 25.3 Å². The molecule has 1 unspecified atom stereocenters. The number of aromatic nitrogens is 3. The van der Waals surface area contributed by atoms with Crippen LogP contribution in [0.1, 0.15) is 24.6 Å². The highest BCUT2D eigenvalue weighted by molar-refractivity contribution is 5.77. The molecule has 20 heavy (non-hydrogen) atoms. The molecule has 104 valence electrons. The van der Waals surface area contributed by atoms with Gasteiger partial charge in [-0.2, -0.15) is 5.10 Å². The first-order valence-corrected chi connectivity index (χ1v) is 6.51. The zero-order chi connectivity index (χ0) is 14.1. The van der Waals surface area contributed by atoms with E-state index in [1.165, 1.54) is 7.11 Å². The van der Waals surface area contributed by atoms with E-state index < -0.39 is 0 Å². The number of carbonyl (C=O) groups excluding carboxylic acids is 1. The number of esters is 1. The van der Waals surface area contributed by atoms with Crippen LogP contribution in [0.15, 0.2) is 24.3 Å². The van der Waals surface area contributed by atoms with E-state index in [-0.39, 0.29) is 17.6 Å². The van der Waals surface area contributed by atoms with Crippen molar-refractivity contribution in [1.29, 1.82) is 0 Å². The van der Waals surface area contributed by atoms with Gasteiger partial charge in [0.15, 0.2) is 5.82 Å². The van der Waals surface area contributed by atoms with Gasteiger partial charge in [-0.1, -0.05) is 12.1 Å². The molecule has 3 rings (SSSR count). The third-order valence-corrected chi connectivity index (χ3v) is 3.51. The number of hydrogen-bond acceptors (Lipinski definition) is 5. The van der Waals surface area contributed by atoms with Crippen LogP contribution in [0, 0.1) is 0 Å². The second-order valence-corrected chi connectivity index (χ2v) is 4.75. The van der Waals surface area contributed by atoms with E-state index in [9.17, 15) is 9.90 Å². The maximum Gasteiger partial charge on any atom is 0.316 e. The Morgan fingerprint density at radius 1 is 1.45 bits per heavy atom. The molecule has 1 aromatic carbocycles. The van der Waals surface area contributed by atoms with Crippen molar-refractivity contribution < 1.29 is 14.6 Å². The molecule has 0 amide bonds. The third kappa shape index (κ3) is 2.03. The monoisotopic (exact) mass is 273 g/mol. The lowest BCUT2D eigenvalue weighted by Crippen LogP contribution is -2.24. The normalized spacial score (nSPS) is 17.6. The van der Waals surface area contributed by atoms with Crippen LogP contribution in [0.25, 0.3) is 11.4 Å². The molecule has 0 fully saturated rings. The van der Waals surface area contributed by atoms with E-state index in [4.69, 9.17) is 4.74 Å². The van der Waals surface area contributed by atoms with Crippen molar-refractivity contribution in [2.24, 2.45) is 0 Å². The van der Waals surface area contributed by atoms with Gasteiger partial charge in [-0.15, -0.1) is 0 Å². The summed E-state index contributed by atoms with van der Waals surface area (Å²) in [7, 11) is 1.38. The largest absolute Gasteiger partial charge is 0.507 e. The Bertz CT molecular complexity index is 651. The molecule has 0 aliphatic carbocycles. The minimum atomic E-state index is -0.374. The summed E-state index contributed by atoms with van der Waals surface area (Å²) in [4.78, 5) is 16.2. The number of rotatable bonds is 2. The molecule has 0 saturated carbocycles. The maximum absolute atomic E-state index is 11.8. The van der Waals surface area contributed by atoms with Crippen molar-refractivity contribution in [3.8, 4) is 17.1 Å². The van der Waals surface area contributed by atoms with Crippen LogP contribution >= 0.6 is 0 Å². The number of ether oxygens (including phenoxy) is 1. The molecule has 0 bridgehead atoms. The van der Waals surface area contributed by atoms with Crippen LogP contribution in [-0.4, -0.2) is 33.0 Å². The summed E-state index contributed by atoms with van der Waals surface area (Å²) in [6.45, 7) is 0.726. The smallest absolute Gasteiger partial charge is 0.316 e. The number of benzene rings is 1. The molecule has 1 atom stereocenters. The SMILES string of the molecule is COC(=O)C1CCCn2nc(-c3ccccc3O)nc21. The molecule has 2 aromatic rings. The molecule has 0 spiro atoms. The Hall–Kier alpha value is -2.37. The van der Waals surface area contributed by atoms with E-state index in [1.807, 2.05) is 6.07 Å². The van der Waals surface area contributed by atoms with Gasteiger partial charge in [-0.05, 0) is 25.0 Å². The second kappa shape index (κ2) is 4.96. The summed E-state index contributed by atoms with van der Waals surface area (Å²) < 4.78 is 6.54. The van der Waals surface area contributed by atoms with Gasteiger partial charge in [-0.25, -0.2) is 9.67 Å². The fourth-order valence-electron chi connectivity index (χ4n) is 2.49. The standard InChI is InChI=1S/C14H15N3O3/c1-20-14(19)10-6-4-8-17-13(10)15-12(16-17)9-5-2-3-7-11(9)18/h2-3,5,7,10,18H,4,6,8H2,1H3. The summed E-state index contributed by atoms with van der Waals surface area (Å²) in [5.74, 6) is 0.517.